The van der Waals surface area contributed by atoms with Crippen LogP contribution in [0.1, 0.15) is 91.4 Å². The molecule has 0 bridgehead atoms. The van der Waals surface area contributed by atoms with Crippen LogP contribution in [0, 0.1) is 34.5 Å². The molecule has 3 aliphatic heterocycles. The second kappa shape index (κ2) is 8.29. The van der Waals surface area contributed by atoms with E-state index in [9.17, 15) is 5.11 Å². The Morgan fingerprint density at radius 3 is 2.65 bits per heavy atom. The fraction of sp³-hybridized carbons (Fsp3) is 0.871. The first-order chi connectivity index (χ1) is 17.6. The minimum Gasteiger partial charge on any atom is -0.377 e. The van der Waals surface area contributed by atoms with Crippen molar-refractivity contribution >= 4 is 0 Å². The highest BCUT2D eigenvalue weighted by molar-refractivity contribution is 5.44. The van der Waals surface area contributed by atoms with E-state index in [2.05, 4.69) is 38.7 Å². The summed E-state index contributed by atoms with van der Waals surface area (Å²) in [4.78, 5) is 0. The molecule has 0 radical (unpaired) electrons. The molecule has 7 rings (SSSR count). The third-order valence-corrected chi connectivity index (χ3v) is 11.2. The number of hydrogen-bond acceptors (Lipinski definition) is 6. The van der Waals surface area contributed by atoms with E-state index >= 15 is 0 Å². The summed E-state index contributed by atoms with van der Waals surface area (Å²) >= 11 is 0. The molecule has 204 valence electrons. The average Bonchev–Trinajstić information content (AvgIpc) is 3.50. The summed E-state index contributed by atoms with van der Waals surface area (Å²) < 4.78 is 31.1. The third kappa shape index (κ3) is 3.68. The molecule has 3 saturated carbocycles. The maximum atomic E-state index is 11.8. The fourth-order valence-corrected chi connectivity index (χ4v) is 8.95. The highest BCUT2D eigenvalue weighted by Gasteiger charge is 2.79. The molecule has 0 aromatic carbocycles. The Labute approximate surface area is 221 Å². The predicted molar refractivity (Wildman–Crippen MR) is 137 cm³/mol. The topological polar surface area (TPSA) is 69.7 Å². The standard InChI is InChI=1S/C31H44O6/c1-26(2)20-35-30(36-21-26)15-16-31-24-9-12-27(3)23(22(24)8-14-29(31,19-30)37-31)10-13-28(27,32)11-6-18-34-25-7-4-5-17-33-25/h9,22-23,25,32H,4-5,7-8,10,12-21H2,1-3H3/t22-,23-,25?,27-,28-,29+,31+/m0/s1. The first kappa shape index (κ1) is 25.1. The number of hydrogen-bond donors (Lipinski definition) is 1. The summed E-state index contributed by atoms with van der Waals surface area (Å²) in [6, 6.07) is 0. The van der Waals surface area contributed by atoms with Crippen molar-refractivity contribution < 1.29 is 28.8 Å². The lowest BCUT2D eigenvalue weighted by molar-refractivity contribution is -0.313. The monoisotopic (exact) mass is 512 g/mol. The van der Waals surface area contributed by atoms with Gasteiger partial charge in [0.05, 0.1) is 13.2 Å². The van der Waals surface area contributed by atoms with Crippen molar-refractivity contribution in [2.75, 3.05) is 26.4 Å². The zero-order chi connectivity index (χ0) is 25.6. The van der Waals surface area contributed by atoms with Crippen LogP contribution >= 0.6 is 0 Å². The Hall–Kier alpha value is -0.940. The highest BCUT2D eigenvalue weighted by Crippen LogP contribution is 2.74. The van der Waals surface area contributed by atoms with E-state index in [1.807, 2.05) is 0 Å². The molecule has 3 heterocycles. The quantitative estimate of drug-likeness (QED) is 0.323. The second-order valence-electron chi connectivity index (χ2n) is 14.1. The fourth-order valence-electron chi connectivity index (χ4n) is 8.95. The molecule has 7 aliphatic rings. The van der Waals surface area contributed by atoms with Gasteiger partial charge in [0.15, 0.2) is 12.1 Å². The molecule has 6 nitrogen and oxygen atoms in total. The zero-order valence-corrected chi connectivity index (χ0v) is 22.9. The minimum absolute atomic E-state index is 0.0772. The van der Waals surface area contributed by atoms with Crippen molar-refractivity contribution in [1.29, 1.82) is 0 Å². The summed E-state index contributed by atoms with van der Waals surface area (Å²) in [5.41, 5.74) is 0.118. The molecular weight excluding hydrogens is 468 g/mol. The number of rotatable bonds is 2. The van der Waals surface area contributed by atoms with Crippen LogP contribution in [0.3, 0.4) is 0 Å². The van der Waals surface area contributed by atoms with Crippen LogP contribution in [-0.2, 0) is 23.7 Å². The average molecular weight is 513 g/mol. The normalized spacial score (nSPS) is 49.0. The van der Waals surface area contributed by atoms with Gasteiger partial charge < -0.3 is 28.8 Å². The molecule has 1 spiro atoms. The summed E-state index contributed by atoms with van der Waals surface area (Å²) in [5.74, 6) is 6.89. The Kier molecular flexibility index (Phi) is 5.61. The lowest BCUT2D eigenvalue weighted by Crippen LogP contribution is -2.57. The lowest BCUT2D eigenvalue weighted by atomic mass is 9.53. The van der Waals surface area contributed by atoms with E-state index < -0.39 is 11.4 Å². The maximum Gasteiger partial charge on any atom is 0.171 e. The molecule has 1 N–H and O–H groups in total. The smallest absolute Gasteiger partial charge is 0.171 e. The molecule has 1 unspecified atom stereocenters. The molecule has 4 aliphatic carbocycles. The van der Waals surface area contributed by atoms with E-state index in [1.54, 1.807) is 0 Å². The highest BCUT2D eigenvalue weighted by atomic mass is 16.7. The summed E-state index contributed by atoms with van der Waals surface area (Å²) in [6.45, 7) is 9.27. The molecule has 37 heavy (non-hydrogen) atoms. The van der Waals surface area contributed by atoms with Gasteiger partial charge in [-0.2, -0.15) is 0 Å². The van der Waals surface area contributed by atoms with Gasteiger partial charge in [-0.1, -0.05) is 38.7 Å². The maximum absolute atomic E-state index is 11.8. The van der Waals surface area contributed by atoms with Gasteiger partial charge >= 0.3 is 0 Å². The van der Waals surface area contributed by atoms with Gasteiger partial charge in [0.1, 0.15) is 23.4 Å². The summed E-state index contributed by atoms with van der Waals surface area (Å²) in [5, 5.41) is 11.8. The molecule has 0 aromatic heterocycles. The van der Waals surface area contributed by atoms with Gasteiger partial charge in [-0.15, -0.1) is 0 Å². The van der Waals surface area contributed by atoms with Crippen LogP contribution in [0.15, 0.2) is 11.6 Å². The van der Waals surface area contributed by atoms with E-state index in [0.717, 1.165) is 90.4 Å². The molecular formula is C31H44O6. The van der Waals surface area contributed by atoms with Crippen molar-refractivity contribution in [2.45, 2.75) is 120 Å². The van der Waals surface area contributed by atoms with Crippen LogP contribution < -0.4 is 0 Å². The van der Waals surface area contributed by atoms with E-state index in [4.69, 9.17) is 23.7 Å². The Morgan fingerprint density at radius 1 is 1.03 bits per heavy atom. The van der Waals surface area contributed by atoms with Crippen molar-refractivity contribution in [1.82, 2.24) is 0 Å². The Morgan fingerprint density at radius 2 is 1.86 bits per heavy atom. The Balaban J connectivity index is 1.07. The molecule has 0 amide bonds. The molecule has 0 aromatic rings. The van der Waals surface area contributed by atoms with Gasteiger partial charge in [0.25, 0.3) is 0 Å². The van der Waals surface area contributed by atoms with Crippen molar-refractivity contribution in [3.05, 3.63) is 11.6 Å². The van der Waals surface area contributed by atoms with Gasteiger partial charge in [-0.3, -0.25) is 0 Å². The molecule has 6 fully saturated rings. The third-order valence-electron chi connectivity index (χ3n) is 11.2. The number of aliphatic hydroxyl groups is 1. The minimum atomic E-state index is -0.972. The van der Waals surface area contributed by atoms with Gasteiger partial charge in [0, 0.05) is 30.3 Å². The van der Waals surface area contributed by atoms with Crippen LogP contribution in [0.4, 0.5) is 0 Å². The summed E-state index contributed by atoms with van der Waals surface area (Å²) in [7, 11) is 0. The van der Waals surface area contributed by atoms with E-state index in [-0.39, 0.29) is 28.3 Å². The van der Waals surface area contributed by atoms with E-state index in [1.165, 1.54) is 5.57 Å². The van der Waals surface area contributed by atoms with E-state index in [0.29, 0.717) is 18.4 Å². The molecule has 7 atom stereocenters. The van der Waals surface area contributed by atoms with Gasteiger partial charge in [-0.05, 0) is 75.2 Å². The molecule has 6 heteroatoms. The lowest BCUT2D eigenvalue weighted by Gasteiger charge is -2.52. The predicted octanol–water partition coefficient (Wildman–Crippen LogP) is 4.88. The second-order valence-corrected chi connectivity index (χ2v) is 14.1. The largest absolute Gasteiger partial charge is 0.377 e. The first-order valence-corrected chi connectivity index (χ1v) is 14.8. The summed E-state index contributed by atoms with van der Waals surface area (Å²) in [6.07, 6.45) is 13.0. The van der Waals surface area contributed by atoms with Gasteiger partial charge in [-0.25, -0.2) is 0 Å². The van der Waals surface area contributed by atoms with Crippen LogP contribution in [0.25, 0.3) is 0 Å². The number of epoxide rings is 1. The van der Waals surface area contributed by atoms with Crippen LogP contribution in [0.2, 0.25) is 0 Å². The molecule has 3 saturated heterocycles. The van der Waals surface area contributed by atoms with Crippen molar-refractivity contribution in [3.8, 4) is 11.8 Å². The van der Waals surface area contributed by atoms with Crippen LogP contribution in [-0.4, -0.2) is 60.4 Å². The van der Waals surface area contributed by atoms with Crippen LogP contribution in [0.5, 0.6) is 0 Å². The first-order valence-electron chi connectivity index (χ1n) is 14.8. The van der Waals surface area contributed by atoms with Gasteiger partial charge in [0.2, 0.25) is 0 Å². The SMILES string of the molecule is CC1(C)COC2(CC[C@]34O[C@]3(CC[C@@H]3C4=CC[C@@]4(C)[C@H]3CC[C@@]4(O)C#CCOC3CCCCO3)C2)OC1. The number of ether oxygens (including phenoxy) is 5. The number of fused-ring (bicyclic) bond motifs is 3. The zero-order valence-electron chi connectivity index (χ0n) is 22.9. The Bertz CT molecular complexity index is 1020. The van der Waals surface area contributed by atoms with Crippen molar-refractivity contribution in [3.63, 3.8) is 0 Å². The number of allylic oxidation sites excluding steroid dienone is 1. The van der Waals surface area contributed by atoms with Crippen molar-refractivity contribution in [2.24, 2.45) is 22.7 Å².